The van der Waals surface area contributed by atoms with Crippen LogP contribution in [0.1, 0.15) is 6.92 Å². The Hall–Kier alpha value is -2.93. The molecule has 0 bridgehead atoms. The highest BCUT2D eigenvalue weighted by Gasteiger charge is 2.18. The highest BCUT2D eigenvalue weighted by Crippen LogP contribution is 2.29. The molecular weight excluding hydrogens is 374 g/mol. The van der Waals surface area contributed by atoms with Gasteiger partial charge in [-0.25, -0.2) is 4.79 Å². The lowest BCUT2D eigenvalue weighted by molar-refractivity contribution is -0.153. The summed E-state index contributed by atoms with van der Waals surface area (Å²) >= 11 is 5.79. The number of amides is 1. The normalized spacial score (nSPS) is 11.3. The molecule has 1 amide bonds. The molecule has 0 fully saturated rings. The molecule has 2 aromatic rings. The fraction of sp³-hybridized carbons (Fsp3) is 0.263. The molecule has 0 aliphatic carbocycles. The SMILES string of the molecule is COc1ccc(NC(=O)COC(=O)[C@H](C)Oc2ccc(Cl)cc2)cc1OC. The molecule has 0 saturated carbocycles. The monoisotopic (exact) mass is 393 g/mol. The standard InChI is InChI=1S/C19H20ClNO6/c1-12(27-15-7-4-13(20)5-8-15)19(23)26-11-18(22)21-14-6-9-16(24-2)17(10-14)25-3/h4-10,12H,11H2,1-3H3,(H,21,22)/t12-/m0/s1. The number of carbonyl (C=O) groups is 2. The van der Waals surface area contributed by atoms with Crippen LogP contribution in [0.3, 0.4) is 0 Å². The van der Waals surface area contributed by atoms with Crippen LogP contribution < -0.4 is 19.5 Å². The largest absolute Gasteiger partial charge is 0.493 e. The number of benzene rings is 2. The number of hydrogen-bond donors (Lipinski definition) is 1. The minimum atomic E-state index is -0.875. The molecular formula is C19H20ClNO6. The second-order valence-corrected chi connectivity index (χ2v) is 5.88. The van der Waals surface area contributed by atoms with E-state index >= 15 is 0 Å². The number of methoxy groups -OCH3 is 2. The molecule has 0 aliphatic rings. The van der Waals surface area contributed by atoms with Gasteiger partial charge in [0.15, 0.2) is 24.2 Å². The Morgan fingerprint density at radius 2 is 1.70 bits per heavy atom. The molecule has 144 valence electrons. The third-order valence-electron chi connectivity index (χ3n) is 3.47. The first-order valence-electron chi connectivity index (χ1n) is 8.03. The summed E-state index contributed by atoms with van der Waals surface area (Å²) in [7, 11) is 3.01. The molecule has 7 nitrogen and oxygen atoms in total. The van der Waals surface area contributed by atoms with Crippen molar-refractivity contribution >= 4 is 29.2 Å². The van der Waals surface area contributed by atoms with Crippen molar-refractivity contribution in [1.29, 1.82) is 0 Å². The summed E-state index contributed by atoms with van der Waals surface area (Å²) in [5, 5.41) is 3.17. The molecule has 0 unspecified atom stereocenters. The van der Waals surface area contributed by atoms with Gasteiger partial charge in [0, 0.05) is 16.8 Å². The first-order valence-corrected chi connectivity index (χ1v) is 8.41. The molecule has 2 aromatic carbocycles. The maximum absolute atomic E-state index is 12.0. The Kier molecular flexibility index (Phi) is 7.31. The van der Waals surface area contributed by atoms with Crippen LogP contribution >= 0.6 is 11.6 Å². The Morgan fingerprint density at radius 1 is 1.04 bits per heavy atom. The average Bonchev–Trinajstić information content (AvgIpc) is 2.67. The second kappa shape index (κ2) is 9.68. The van der Waals surface area contributed by atoms with Crippen LogP contribution in [0.15, 0.2) is 42.5 Å². The predicted octanol–water partition coefficient (Wildman–Crippen LogP) is 3.31. The van der Waals surface area contributed by atoms with E-state index in [0.29, 0.717) is 28.0 Å². The number of carbonyl (C=O) groups excluding carboxylic acids is 2. The summed E-state index contributed by atoms with van der Waals surface area (Å²) < 4.78 is 20.7. The molecule has 0 aromatic heterocycles. The van der Waals surface area contributed by atoms with Crippen molar-refractivity contribution in [2.24, 2.45) is 0 Å². The third kappa shape index (κ3) is 6.07. The van der Waals surface area contributed by atoms with E-state index in [2.05, 4.69) is 5.32 Å². The third-order valence-corrected chi connectivity index (χ3v) is 3.72. The first kappa shape index (κ1) is 20.4. The molecule has 8 heteroatoms. The van der Waals surface area contributed by atoms with E-state index in [9.17, 15) is 9.59 Å². The van der Waals surface area contributed by atoms with E-state index in [1.54, 1.807) is 42.5 Å². The summed E-state index contributed by atoms with van der Waals surface area (Å²) in [4.78, 5) is 23.9. The zero-order valence-electron chi connectivity index (χ0n) is 15.2. The molecule has 0 radical (unpaired) electrons. The topological polar surface area (TPSA) is 83.1 Å². The van der Waals surface area contributed by atoms with Crippen LogP contribution in [0, 0.1) is 0 Å². The quantitative estimate of drug-likeness (QED) is 0.693. The van der Waals surface area contributed by atoms with Gasteiger partial charge in [0.05, 0.1) is 14.2 Å². The van der Waals surface area contributed by atoms with E-state index < -0.39 is 24.6 Å². The summed E-state index contributed by atoms with van der Waals surface area (Å²) in [6, 6.07) is 11.5. The molecule has 0 aliphatic heterocycles. The lowest BCUT2D eigenvalue weighted by Gasteiger charge is -2.14. The molecule has 1 N–H and O–H groups in total. The van der Waals surface area contributed by atoms with Gasteiger partial charge in [0.25, 0.3) is 5.91 Å². The minimum absolute atomic E-state index is 0.443. The van der Waals surface area contributed by atoms with Gasteiger partial charge < -0.3 is 24.3 Å². The van der Waals surface area contributed by atoms with Crippen molar-refractivity contribution in [3.05, 3.63) is 47.5 Å². The number of rotatable bonds is 8. The number of halogens is 1. The van der Waals surface area contributed by atoms with Crippen molar-refractivity contribution in [3.63, 3.8) is 0 Å². The van der Waals surface area contributed by atoms with Crippen molar-refractivity contribution in [2.45, 2.75) is 13.0 Å². The maximum Gasteiger partial charge on any atom is 0.347 e. The van der Waals surface area contributed by atoms with E-state index in [1.807, 2.05) is 0 Å². The van der Waals surface area contributed by atoms with E-state index in [1.165, 1.54) is 21.1 Å². The van der Waals surface area contributed by atoms with Crippen LogP contribution in [0.2, 0.25) is 5.02 Å². The number of nitrogens with one attached hydrogen (secondary N) is 1. The van der Waals surface area contributed by atoms with Gasteiger partial charge in [-0.15, -0.1) is 0 Å². The van der Waals surface area contributed by atoms with Gasteiger partial charge in [0.2, 0.25) is 0 Å². The molecule has 27 heavy (non-hydrogen) atoms. The van der Waals surface area contributed by atoms with Crippen LogP contribution in [0.25, 0.3) is 0 Å². The summed E-state index contributed by atoms with van der Waals surface area (Å²) in [5.41, 5.74) is 0.485. The van der Waals surface area contributed by atoms with Crippen LogP contribution in [0.5, 0.6) is 17.2 Å². The van der Waals surface area contributed by atoms with Crippen molar-refractivity contribution in [3.8, 4) is 17.2 Å². The first-order chi connectivity index (χ1) is 12.9. The second-order valence-electron chi connectivity index (χ2n) is 5.44. The zero-order valence-corrected chi connectivity index (χ0v) is 15.9. The lowest BCUT2D eigenvalue weighted by atomic mass is 10.2. The van der Waals surface area contributed by atoms with Crippen molar-refractivity contribution < 1.29 is 28.5 Å². The fourth-order valence-corrected chi connectivity index (χ4v) is 2.26. The van der Waals surface area contributed by atoms with Crippen molar-refractivity contribution in [1.82, 2.24) is 0 Å². The van der Waals surface area contributed by atoms with Crippen LogP contribution in [0.4, 0.5) is 5.69 Å². The summed E-state index contributed by atoms with van der Waals surface area (Å²) in [6.07, 6.45) is -0.875. The summed E-state index contributed by atoms with van der Waals surface area (Å²) in [5.74, 6) is 0.327. The van der Waals surface area contributed by atoms with Gasteiger partial charge in [0.1, 0.15) is 5.75 Å². The Balaban J connectivity index is 1.83. The number of esters is 1. The fourth-order valence-electron chi connectivity index (χ4n) is 2.13. The van der Waals surface area contributed by atoms with Gasteiger partial charge in [-0.05, 0) is 43.3 Å². The van der Waals surface area contributed by atoms with Gasteiger partial charge in [-0.1, -0.05) is 11.6 Å². The highest BCUT2D eigenvalue weighted by molar-refractivity contribution is 6.30. The predicted molar refractivity (Wildman–Crippen MR) is 101 cm³/mol. The maximum atomic E-state index is 12.0. The summed E-state index contributed by atoms with van der Waals surface area (Å²) in [6.45, 7) is 1.09. The van der Waals surface area contributed by atoms with Crippen molar-refractivity contribution in [2.75, 3.05) is 26.1 Å². The molecule has 0 heterocycles. The Bertz CT molecular complexity index is 793. The highest BCUT2D eigenvalue weighted by atomic mass is 35.5. The van der Waals surface area contributed by atoms with Crippen LogP contribution in [-0.4, -0.2) is 38.8 Å². The van der Waals surface area contributed by atoms with E-state index in [0.717, 1.165) is 0 Å². The number of ether oxygens (including phenoxy) is 4. The smallest absolute Gasteiger partial charge is 0.347 e. The zero-order chi connectivity index (χ0) is 19.8. The Morgan fingerprint density at radius 3 is 2.33 bits per heavy atom. The van der Waals surface area contributed by atoms with E-state index in [4.69, 9.17) is 30.5 Å². The molecule has 0 spiro atoms. The Labute approximate surface area is 162 Å². The number of anilines is 1. The minimum Gasteiger partial charge on any atom is -0.493 e. The van der Waals surface area contributed by atoms with Gasteiger partial charge in [-0.3, -0.25) is 4.79 Å². The van der Waals surface area contributed by atoms with Gasteiger partial charge >= 0.3 is 5.97 Å². The van der Waals surface area contributed by atoms with Crippen LogP contribution in [-0.2, 0) is 14.3 Å². The molecule has 1 atom stereocenters. The van der Waals surface area contributed by atoms with Gasteiger partial charge in [-0.2, -0.15) is 0 Å². The van der Waals surface area contributed by atoms with E-state index in [-0.39, 0.29) is 0 Å². The number of hydrogen-bond acceptors (Lipinski definition) is 6. The average molecular weight is 394 g/mol. The molecule has 2 rings (SSSR count). The molecule has 0 saturated heterocycles. The lowest BCUT2D eigenvalue weighted by Crippen LogP contribution is -2.29.